The number of alkyl halides is 3. The number of rotatable bonds is 6. The Labute approximate surface area is 203 Å². The molecule has 0 spiro atoms. The molecule has 3 aromatic heterocycles. The van der Waals surface area contributed by atoms with Crippen LogP contribution in [0.25, 0.3) is 11.3 Å². The van der Waals surface area contributed by atoms with Crippen molar-refractivity contribution in [1.29, 1.82) is 0 Å². The highest BCUT2D eigenvalue weighted by atomic mass is 32.2. The number of benzene rings is 1. The molecule has 4 aromatic rings. The van der Waals surface area contributed by atoms with Crippen LogP contribution in [-0.2, 0) is 9.84 Å². The predicted octanol–water partition coefficient (Wildman–Crippen LogP) is 4.53. The normalized spacial score (nSPS) is 11.7. The molecule has 0 fully saturated rings. The Kier molecular flexibility index (Phi) is 6.66. The Morgan fingerprint density at radius 3 is 2.50 bits per heavy atom. The van der Waals surface area contributed by atoms with Crippen LogP contribution in [0.2, 0.25) is 0 Å². The molecule has 1 amide bonds. The zero-order valence-electron chi connectivity index (χ0n) is 18.5. The molecule has 0 aliphatic heterocycles. The number of sulfone groups is 1. The first kappa shape index (κ1) is 24.7. The van der Waals surface area contributed by atoms with Crippen molar-refractivity contribution >= 4 is 33.1 Å². The van der Waals surface area contributed by atoms with Crippen LogP contribution < -0.4 is 10.6 Å². The van der Waals surface area contributed by atoms with Gasteiger partial charge in [-0.1, -0.05) is 6.07 Å². The fourth-order valence-electron chi connectivity index (χ4n) is 3.08. The van der Waals surface area contributed by atoms with Gasteiger partial charge in [-0.15, -0.1) is 0 Å². The summed E-state index contributed by atoms with van der Waals surface area (Å²) in [5.74, 6) is -0.552. The molecule has 0 radical (unpaired) electrons. The van der Waals surface area contributed by atoms with Gasteiger partial charge in [0, 0.05) is 47.9 Å². The molecule has 0 saturated heterocycles. The van der Waals surface area contributed by atoms with Crippen LogP contribution in [-0.4, -0.2) is 39.8 Å². The molecular weight excluding hydrogens is 497 g/mol. The van der Waals surface area contributed by atoms with Gasteiger partial charge in [0.25, 0.3) is 15.7 Å². The molecule has 0 aliphatic carbocycles. The standard InChI is InChI=1S/C23H17F3N6O3S/c1-14-4-5-17(30-21(33)16-9-18(13-28-12-16)36(34,35)23(24,25)26)10-20(14)32-22-29-8-6-19(31-22)15-3-2-7-27-11-15/h2-13H,1H3,(H,30,33)(H,29,31,32). The van der Waals surface area contributed by atoms with Crippen LogP contribution in [0, 0.1) is 6.92 Å². The van der Waals surface area contributed by atoms with E-state index in [4.69, 9.17) is 0 Å². The fourth-order valence-corrected chi connectivity index (χ4v) is 3.82. The molecule has 0 aliphatic rings. The van der Waals surface area contributed by atoms with Gasteiger partial charge in [-0.05, 0) is 48.9 Å². The first-order valence-corrected chi connectivity index (χ1v) is 11.7. The molecule has 0 unspecified atom stereocenters. The van der Waals surface area contributed by atoms with Gasteiger partial charge < -0.3 is 10.6 Å². The van der Waals surface area contributed by atoms with Crippen molar-refractivity contribution in [3.8, 4) is 11.3 Å². The van der Waals surface area contributed by atoms with Gasteiger partial charge >= 0.3 is 5.51 Å². The molecule has 36 heavy (non-hydrogen) atoms. The zero-order chi connectivity index (χ0) is 25.9. The van der Waals surface area contributed by atoms with E-state index in [2.05, 4.69) is 30.6 Å². The number of aromatic nitrogens is 4. The lowest BCUT2D eigenvalue weighted by atomic mass is 10.1. The monoisotopic (exact) mass is 514 g/mol. The summed E-state index contributed by atoms with van der Waals surface area (Å²) >= 11 is 0. The van der Waals surface area contributed by atoms with E-state index in [0.717, 1.165) is 17.3 Å². The second kappa shape index (κ2) is 9.70. The van der Waals surface area contributed by atoms with E-state index >= 15 is 0 Å². The van der Waals surface area contributed by atoms with Crippen LogP contribution in [0.3, 0.4) is 0 Å². The van der Waals surface area contributed by atoms with Crippen molar-refractivity contribution in [1.82, 2.24) is 19.9 Å². The summed E-state index contributed by atoms with van der Waals surface area (Å²) in [4.78, 5) is 27.7. The summed E-state index contributed by atoms with van der Waals surface area (Å²) in [6.45, 7) is 1.81. The Balaban J connectivity index is 1.55. The Morgan fingerprint density at radius 1 is 0.972 bits per heavy atom. The second-order valence-electron chi connectivity index (χ2n) is 7.47. The highest BCUT2D eigenvalue weighted by molar-refractivity contribution is 7.92. The molecule has 9 nitrogen and oxygen atoms in total. The highest BCUT2D eigenvalue weighted by Gasteiger charge is 2.47. The fraction of sp³-hybridized carbons (Fsp3) is 0.0870. The molecule has 1 aromatic carbocycles. The van der Waals surface area contributed by atoms with E-state index in [9.17, 15) is 26.4 Å². The third-order valence-corrected chi connectivity index (χ3v) is 6.40. The maximum Gasteiger partial charge on any atom is 0.501 e. The molecule has 2 N–H and O–H groups in total. The Morgan fingerprint density at radius 2 is 1.78 bits per heavy atom. The van der Waals surface area contributed by atoms with Crippen LogP contribution in [0.1, 0.15) is 15.9 Å². The van der Waals surface area contributed by atoms with Gasteiger partial charge in [0.1, 0.15) is 0 Å². The summed E-state index contributed by atoms with van der Waals surface area (Å²) in [7, 11) is -5.65. The van der Waals surface area contributed by atoms with Crippen molar-refractivity contribution < 1.29 is 26.4 Å². The Bertz CT molecular complexity index is 1530. The number of carbonyl (C=O) groups excluding carboxylic acids is 1. The van der Waals surface area contributed by atoms with Gasteiger partial charge in [-0.2, -0.15) is 13.2 Å². The summed E-state index contributed by atoms with van der Waals surface area (Å²) in [6.07, 6.45) is 6.39. The van der Waals surface area contributed by atoms with Gasteiger partial charge in [-0.25, -0.2) is 18.4 Å². The van der Waals surface area contributed by atoms with Gasteiger partial charge in [0.15, 0.2) is 0 Å². The maximum atomic E-state index is 12.8. The quantitative estimate of drug-likeness (QED) is 0.384. The number of nitrogens with one attached hydrogen (secondary N) is 2. The topological polar surface area (TPSA) is 127 Å². The average Bonchev–Trinajstić information content (AvgIpc) is 2.86. The third-order valence-electron chi connectivity index (χ3n) is 4.95. The predicted molar refractivity (Wildman–Crippen MR) is 125 cm³/mol. The number of anilines is 3. The molecule has 13 heteroatoms. The molecule has 0 bridgehead atoms. The molecule has 3 heterocycles. The van der Waals surface area contributed by atoms with Crippen LogP contribution in [0.5, 0.6) is 0 Å². The van der Waals surface area contributed by atoms with E-state index in [1.165, 1.54) is 0 Å². The molecule has 184 valence electrons. The number of aryl methyl sites for hydroxylation is 1. The van der Waals surface area contributed by atoms with Gasteiger partial charge in [0.05, 0.1) is 16.2 Å². The average molecular weight is 514 g/mol. The van der Waals surface area contributed by atoms with E-state index in [0.29, 0.717) is 29.3 Å². The lowest BCUT2D eigenvalue weighted by molar-refractivity contribution is -0.0436. The number of amides is 1. The lowest BCUT2D eigenvalue weighted by Crippen LogP contribution is -2.24. The Hall–Kier alpha value is -4.39. The van der Waals surface area contributed by atoms with Gasteiger partial charge in [-0.3, -0.25) is 14.8 Å². The number of nitrogens with zero attached hydrogens (tertiary/aromatic N) is 4. The van der Waals surface area contributed by atoms with Gasteiger partial charge in [0.2, 0.25) is 5.95 Å². The second-order valence-corrected chi connectivity index (χ2v) is 9.42. The summed E-state index contributed by atoms with van der Waals surface area (Å²) in [6, 6.07) is 10.8. The van der Waals surface area contributed by atoms with Crippen LogP contribution in [0.4, 0.5) is 30.5 Å². The van der Waals surface area contributed by atoms with E-state index in [1.807, 2.05) is 13.0 Å². The molecule has 0 atom stereocenters. The highest BCUT2D eigenvalue weighted by Crippen LogP contribution is 2.30. The number of hydrogen-bond donors (Lipinski definition) is 2. The van der Waals surface area contributed by atoms with Crippen molar-refractivity contribution in [3.05, 3.63) is 84.6 Å². The van der Waals surface area contributed by atoms with E-state index < -0.39 is 26.1 Å². The zero-order valence-corrected chi connectivity index (χ0v) is 19.3. The number of carbonyl (C=O) groups is 1. The molecular formula is C23H17F3N6O3S. The minimum absolute atomic E-state index is 0.289. The number of hydrogen-bond acceptors (Lipinski definition) is 8. The number of halogens is 3. The summed E-state index contributed by atoms with van der Waals surface area (Å²) in [5, 5.41) is 5.59. The van der Waals surface area contributed by atoms with Crippen molar-refractivity contribution in [3.63, 3.8) is 0 Å². The van der Waals surface area contributed by atoms with Crippen LogP contribution in [0.15, 0.2) is 78.3 Å². The van der Waals surface area contributed by atoms with E-state index in [-0.39, 0.29) is 11.5 Å². The lowest BCUT2D eigenvalue weighted by Gasteiger charge is -2.12. The SMILES string of the molecule is Cc1ccc(NC(=O)c2cncc(S(=O)(=O)C(F)(F)F)c2)cc1Nc1nccc(-c2cccnc2)n1. The molecule has 0 saturated carbocycles. The largest absolute Gasteiger partial charge is 0.501 e. The third kappa shape index (κ3) is 5.30. The summed E-state index contributed by atoms with van der Waals surface area (Å²) in [5.41, 5.74) is -2.79. The van der Waals surface area contributed by atoms with Crippen molar-refractivity contribution in [2.75, 3.05) is 10.6 Å². The number of pyridine rings is 2. The first-order valence-electron chi connectivity index (χ1n) is 10.2. The minimum atomic E-state index is -5.65. The molecule has 4 rings (SSSR count). The van der Waals surface area contributed by atoms with E-state index in [1.54, 1.807) is 48.9 Å². The smallest absolute Gasteiger partial charge is 0.324 e. The van der Waals surface area contributed by atoms with Crippen molar-refractivity contribution in [2.24, 2.45) is 0 Å². The maximum absolute atomic E-state index is 12.8. The summed E-state index contributed by atoms with van der Waals surface area (Å²) < 4.78 is 61.8. The minimum Gasteiger partial charge on any atom is -0.324 e. The van der Waals surface area contributed by atoms with Crippen molar-refractivity contribution in [2.45, 2.75) is 17.3 Å². The van der Waals surface area contributed by atoms with Crippen LogP contribution >= 0.6 is 0 Å². The first-order chi connectivity index (χ1) is 17.0.